The molecule has 2 aromatic rings. The molecule has 3 rings (SSSR count). The van der Waals surface area contributed by atoms with Crippen LogP contribution in [0.4, 0.5) is 17.2 Å². The molecule has 0 spiro atoms. The van der Waals surface area contributed by atoms with Gasteiger partial charge in [0.05, 0.1) is 10.6 Å². The molecule has 0 saturated carbocycles. The number of hydrogen-bond acceptors (Lipinski definition) is 4. The molecule has 1 aromatic heterocycles. The summed E-state index contributed by atoms with van der Waals surface area (Å²) in [6, 6.07) is 8.99. The van der Waals surface area contributed by atoms with Crippen LogP contribution in [0.3, 0.4) is 0 Å². The van der Waals surface area contributed by atoms with Gasteiger partial charge < -0.3 is 15.5 Å². The van der Waals surface area contributed by atoms with E-state index in [-0.39, 0.29) is 11.8 Å². The van der Waals surface area contributed by atoms with Crippen molar-refractivity contribution in [1.82, 2.24) is 9.88 Å². The number of carbonyl (C=O) groups is 2. The lowest BCUT2D eigenvalue weighted by Crippen LogP contribution is -2.35. The molecule has 2 N–H and O–H groups in total. The van der Waals surface area contributed by atoms with Gasteiger partial charge in [-0.15, -0.1) is 0 Å². The standard InChI is InChI=1S/C22H27ClN4O2/c1-15(2)12-20(28)25-17-6-8-18(9-7-17)26-21-19(23)13-16(14-24-21)22(29)27-10-4-3-5-11-27/h6-9,13-15H,3-5,10-12H2,1-2H3,(H,24,26)(H,25,28). The Balaban J connectivity index is 1.62. The molecule has 1 saturated heterocycles. The van der Waals surface area contributed by atoms with E-state index in [0.717, 1.165) is 37.3 Å². The van der Waals surface area contributed by atoms with Crippen molar-refractivity contribution < 1.29 is 9.59 Å². The molecule has 0 aliphatic carbocycles. The van der Waals surface area contributed by atoms with Crippen LogP contribution < -0.4 is 10.6 Å². The van der Waals surface area contributed by atoms with Crippen LogP contribution in [-0.4, -0.2) is 34.8 Å². The van der Waals surface area contributed by atoms with E-state index in [1.807, 2.05) is 43.0 Å². The van der Waals surface area contributed by atoms with Gasteiger partial charge in [0, 0.05) is 37.1 Å². The Morgan fingerprint density at radius 3 is 2.38 bits per heavy atom. The second kappa shape index (κ2) is 9.74. The lowest BCUT2D eigenvalue weighted by atomic mass is 10.1. The molecule has 154 valence electrons. The summed E-state index contributed by atoms with van der Waals surface area (Å²) in [5.41, 5.74) is 2.03. The first kappa shape index (κ1) is 21.1. The van der Waals surface area contributed by atoms with Gasteiger partial charge in [-0.1, -0.05) is 25.4 Å². The van der Waals surface area contributed by atoms with Crippen LogP contribution in [0.1, 0.15) is 49.9 Å². The molecule has 1 fully saturated rings. The molecule has 0 radical (unpaired) electrons. The van der Waals surface area contributed by atoms with E-state index in [2.05, 4.69) is 15.6 Å². The summed E-state index contributed by atoms with van der Waals surface area (Å²) >= 11 is 6.36. The van der Waals surface area contributed by atoms with Gasteiger partial charge in [0.2, 0.25) is 5.91 Å². The number of halogens is 1. The smallest absolute Gasteiger partial charge is 0.255 e. The lowest BCUT2D eigenvalue weighted by Gasteiger charge is -2.26. The van der Waals surface area contributed by atoms with Crippen molar-refractivity contribution in [1.29, 1.82) is 0 Å². The molecule has 29 heavy (non-hydrogen) atoms. The number of nitrogens with one attached hydrogen (secondary N) is 2. The van der Waals surface area contributed by atoms with Gasteiger partial charge in [-0.2, -0.15) is 0 Å². The van der Waals surface area contributed by atoms with Gasteiger partial charge in [0.1, 0.15) is 5.82 Å². The maximum atomic E-state index is 12.6. The molecular formula is C22H27ClN4O2. The summed E-state index contributed by atoms with van der Waals surface area (Å²) in [6.45, 7) is 5.59. The number of carbonyl (C=O) groups excluding carboxylic acids is 2. The Bertz CT molecular complexity index is 862. The van der Waals surface area contributed by atoms with Gasteiger partial charge >= 0.3 is 0 Å². The largest absolute Gasteiger partial charge is 0.339 e. The average Bonchev–Trinajstić information content (AvgIpc) is 2.70. The average molecular weight is 415 g/mol. The monoisotopic (exact) mass is 414 g/mol. The van der Waals surface area contributed by atoms with Crippen LogP contribution in [0.5, 0.6) is 0 Å². The number of likely N-dealkylation sites (tertiary alicyclic amines) is 1. The normalized spacial score (nSPS) is 14.0. The number of benzene rings is 1. The van der Waals surface area contributed by atoms with Crippen molar-refractivity contribution in [3.63, 3.8) is 0 Å². The van der Waals surface area contributed by atoms with E-state index in [1.54, 1.807) is 12.3 Å². The first-order chi connectivity index (χ1) is 13.9. The molecule has 2 heterocycles. The summed E-state index contributed by atoms with van der Waals surface area (Å²) in [5.74, 6) is 0.777. The van der Waals surface area contributed by atoms with Crippen LogP contribution in [0.25, 0.3) is 0 Å². The summed E-state index contributed by atoms with van der Waals surface area (Å²) in [6.07, 6.45) is 5.31. The lowest BCUT2D eigenvalue weighted by molar-refractivity contribution is -0.116. The van der Waals surface area contributed by atoms with Gasteiger partial charge in [-0.05, 0) is 55.5 Å². The summed E-state index contributed by atoms with van der Waals surface area (Å²) in [4.78, 5) is 30.6. The van der Waals surface area contributed by atoms with Crippen molar-refractivity contribution in [2.24, 2.45) is 5.92 Å². The molecular weight excluding hydrogens is 388 g/mol. The number of nitrogens with zero attached hydrogens (tertiary/aromatic N) is 2. The van der Waals surface area contributed by atoms with E-state index in [9.17, 15) is 9.59 Å². The minimum absolute atomic E-state index is 0.000572. The van der Waals surface area contributed by atoms with Crippen molar-refractivity contribution in [2.45, 2.75) is 39.5 Å². The SMILES string of the molecule is CC(C)CC(=O)Nc1ccc(Nc2ncc(C(=O)N3CCCCC3)cc2Cl)cc1. The molecule has 1 aromatic carbocycles. The topological polar surface area (TPSA) is 74.3 Å². The first-order valence-electron chi connectivity index (χ1n) is 10.0. The number of hydrogen-bond donors (Lipinski definition) is 2. The second-order valence-corrected chi connectivity index (χ2v) is 8.16. The zero-order valence-electron chi connectivity index (χ0n) is 16.9. The second-order valence-electron chi connectivity index (χ2n) is 7.76. The molecule has 6 nitrogen and oxygen atoms in total. The van der Waals surface area contributed by atoms with Crippen LogP contribution in [0.2, 0.25) is 5.02 Å². The van der Waals surface area contributed by atoms with Crippen molar-refractivity contribution in [3.8, 4) is 0 Å². The summed E-state index contributed by atoms with van der Waals surface area (Å²) in [7, 11) is 0. The number of rotatable bonds is 6. The van der Waals surface area contributed by atoms with E-state index in [0.29, 0.717) is 28.7 Å². The zero-order valence-corrected chi connectivity index (χ0v) is 17.6. The van der Waals surface area contributed by atoms with Crippen LogP contribution >= 0.6 is 11.6 Å². The molecule has 0 bridgehead atoms. The molecule has 0 unspecified atom stereocenters. The highest BCUT2D eigenvalue weighted by Gasteiger charge is 2.19. The number of aromatic nitrogens is 1. The molecule has 2 amide bonds. The Kier molecular flexibility index (Phi) is 7.09. The third-order valence-electron chi connectivity index (χ3n) is 4.76. The highest BCUT2D eigenvalue weighted by molar-refractivity contribution is 6.33. The Morgan fingerprint density at radius 2 is 1.76 bits per heavy atom. The van der Waals surface area contributed by atoms with E-state index in [4.69, 9.17) is 11.6 Å². The fourth-order valence-electron chi connectivity index (χ4n) is 3.28. The van der Waals surface area contributed by atoms with E-state index < -0.39 is 0 Å². The van der Waals surface area contributed by atoms with E-state index in [1.165, 1.54) is 6.42 Å². The maximum absolute atomic E-state index is 12.6. The van der Waals surface area contributed by atoms with Gasteiger partial charge in [-0.25, -0.2) is 4.98 Å². The Labute approximate surface area is 176 Å². The van der Waals surface area contributed by atoms with Crippen LogP contribution in [0.15, 0.2) is 36.5 Å². The maximum Gasteiger partial charge on any atom is 0.255 e. The molecule has 7 heteroatoms. The van der Waals surface area contributed by atoms with Gasteiger partial charge in [-0.3, -0.25) is 9.59 Å². The highest BCUT2D eigenvalue weighted by Crippen LogP contribution is 2.26. The van der Waals surface area contributed by atoms with Gasteiger partial charge in [0.15, 0.2) is 0 Å². The minimum Gasteiger partial charge on any atom is -0.339 e. The molecule has 0 atom stereocenters. The van der Waals surface area contributed by atoms with Crippen molar-refractivity contribution >= 4 is 40.6 Å². The fourth-order valence-corrected chi connectivity index (χ4v) is 3.50. The summed E-state index contributed by atoms with van der Waals surface area (Å²) in [5, 5.41) is 6.42. The Hall–Kier alpha value is -2.60. The first-order valence-corrected chi connectivity index (χ1v) is 10.4. The number of amides is 2. The van der Waals surface area contributed by atoms with E-state index >= 15 is 0 Å². The number of piperidine rings is 1. The zero-order chi connectivity index (χ0) is 20.8. The number of pyridine rings is 1. The van der Waals surface area contributed by atoms with Crippen LogP contribution in [-0.2, 0) is 4.79 Å². The number of anilines is 3. The Morgan fingerprint density at radius 1 is 1.10 bits per heavy atom. The van der Waals surface area contributed by atoms with Gasteiger partial charge in [0.25, 0.3) is 5.91 Å². The molecule has 1 aliphatic heterocycles. The van der Waals surface area contributed by atoms with Crippen molar-refractivity contribution in [3.05, 3.63) is 47.1 Å². The third kappa shape index (κ3) is 5.94. The predicted octanol–water partition coefficient (Wildman–Crippen LogP) is 5.09. The third-order valence-corrected chi connectivity index (χ3v) is 5.04. The van der Waals surface area contributed by atoms with Crippen molar-refractivity contribution in [2.75, 3.05) is 23.7 Å². The highest BCUT2D eigenvalue weighted by atomic mass is 35.5. The summed E-state index contributed by atoms with van der Waals surface area (Å²) < 4.78 is 0. The quantitative estimate of drug-likeness (QED) is 0.690. The fraction of sp³-hybridized carbons (Fsp3) is 0.409. The van der Waals surface area contributed by atoms with Crippen LogP contribution in [0, 0.1) is 5.92 Å². The molecule has 1 aliphatic rings. The minimum atomic E-state index is -0.0212. The predicted molar refractivity (Wildman–Crippen MR) is 117 cm³/mol.